The van der Waals surface area contributed by atoms with Crippen LogP contribution in [0.1, 0.15) is 61.8 Å². The number of fused-ring (bicyclic) bond motifs is 1. The van der Waals surface area contributed by atoms with Crippen LogP contribution in [-0.4, -0.2) is 50.9 Å². The van der Waals surface area contributed by atoms with E-state index in [1.165, 1.54) is 5.56 Å². The van der Waals surface area contributed by atoms with Crippen LogP contribution in [0.25, 0.3) is 11.2 Å². The van der Waals surface area contributed by atoms with Gasteiger partial charge in [0.05, 0.1) is 18.8 Å². The molecule has 2 aromatic heterocycles. The van der Waals surface area contributed by atoms with Gasteiger partial charge in [-0.15, -0.1) is 0 Å². The number of halogens is 1. The fourth-order valence-electron chi connectivity index (χ4n) is 5.66. The van der Waals surface area contributed by atoms with Gasteiger partial charge in [-0.05, 0) is 64.0 Å². The Morgan fingerprint density at radius 1 is 1.16 bits per heavy atom. The smallest absolute Gasteiger partial charge is 0.225 e. The Morgan fingerprint density at radius 2 is 1.86 bits per heavy atom. The summed E-state index contributed by atoms with van der Waals surface area (Å²) in [7, 11) is 0. The number of carbonyl (C=O) groups is 1. The molecule has 4 N–H and O–H groups in total. The highest BCUT2D eigenvalue weighted by Crippen LogP contribution is 2.43. The van der Waals surface area contributed by atoms with E-state index < -0.39 is 17.6 Å². The van der Waals surface area contributed by atoms with Gasteiger partial charge < -0.3 is 21.1 Å². The van der Waals surface area contributed by atoms with Crippen LogP contribution in [-0.2, 0) is 9.53 Å². The normalized spacial score (nSPS) is 26.2. The predicted molar refractivity (Wildman–Crippen MR) is 142 cm³/mol. The molecule has 0 bridgehead atoms. The molecule has 2 fully saturated rings. The van der Waals surface area contributed by atoms with Gasteiger partial charge in [0.1, 0.15) is 11.7 Å². The number of ether oxygens (including phenoxy) is 1. The summed E-state index contributed by atoms with van der Waals surface area (Å²) in [6.45, 7) is 8.77. The van der Waals surface area contributed by atoms with Gasteiger partial charge in [0.2, 0.25) is 17.8 Å². The summed E-state index contributed by atoms with van der Waals surface area (Å²) in [5.41, 5.74) is 11.0. The van der Waals surface area contributed by atoms with Crippen LogP contribution in [0, 0.1) is 26.2 Å². The molecule has 1 amide bonds. The molecule has 0 unspecified atom stereocenters. The third kappa shape index (κ3) is 4.99. The van der Waals surface area contributed by atoms with E-state index in [0.717, 1.165) is 29.7 Å². The summed E-state index contributed by atoms with van der Waals surface area (Å²) >= 11 is 0. The Kier molecular flexibility index (Phi) is 6.78. The van der Waals surface area contributed by atoms with Gasteiger partial charge in [-0.1, -0.05) is 24.6 Å². The van der Waals surface area contributed by atoms with Gasteiger partial charge >= 0.3 is 0 Å². The second kappa shape index (κ2) is 9.89. The van der Waals surface area contributed by atoms with Crippen molar-refractivity contribution in [2.75, 3.05) is 23.8 Å². The number of alkyl halides is 1. The molecule has 1 saturated heterocycles. The van der Waals surface area contributed by atoms with Gasteiger partial charge in [-0.2, -0.15) is 4.98 Å². The number of aromatic nitrogens is 4. The molecule has 198 valence electrons. The van der Waals surface area contributed by atoms with Gasteiger partial charge in [-0.25, -0.2) is 14.4 Å². The number of imidazole rings is 1. The van der Waals surface area contributed by atoms with Crippen molar-refractivity contribution in [1.82, 2.24) is 19.5 Å². The second-order valence-corrected chi connectivity index (χ2v) is 10.9. The van der Waals surface area contributed by atoms with E-state index in [9.17, 15) is 9.18 Å². The van der Waals surface area contributed by atoms with Crippen molar-refractivity contribution >= 4 is 34.7 Å². The van der Waals surface area contributed by atoms with Crippen LogP contribution in [0.4, 0.5) is 22.0 Å². The van der Waals surface area contributed by atoms with Crippen LogP contribution in [0.2, 0.25) is 0 Å². The summed E-state index contributed by atoms with van der Waals surface area (Å²) in [5.74, 6) is 0.797. The maximum absolute atomic E-state index is 14.4. The quantitative estimate of drug-likeness (QED) is 0.443. The Labute approximate surface area is 216 Å². The third-order valence-corrected chi connectivity index (χ3v) is 7.97. The number of benzene rings is 1. The lowest BCUT2D eigenvalue weighted by Gasteiger charge is -2.36. The first-order valence-electron chi connectivity index (χ1n) is 13.0. The fraction of sp³-hybridized carbons (Fsp3) is 0.556. The summed E-state index contributed by atoms with van der Waals surface area (Å²) in [6, 6.07) is 3.96. The van der Waals surface area contributed by atoms with Crippen LogP contribution in [0.3, 0.4) is 0 Å². The molecule has 10 heteroatoms. The van der Waals surface area contributed by atoms with E-state index in [2.05, 4.69) is 53.1 Å². The van der Waals surface area contributed by atoms with Crippen molar-refractivity contribution in [3.63, 3.8) is 0 Å². The minimum Gasteiger partial charge on any atom is -0.378 e. The number of nitrogens with zero attached hydrogens (tertiary/aromatic N) is 4. The molecule has 5 rings (SSSR count). The van der Waals surface area contributed by atoms with Crippen molar-refractivity contribution in [3.05, 3.63) is 35.0 Å². The topological polar surface area (TPSA) is 120 Å². The molecule has 1 aromatic carbocycles. The minimum atomic E-state index is -1.12. The van der Waals surface area contributed by atoms with E-state index in [-0.39, 0.29) is 18.6 Å². The number of anilines is 3. The fourth-order valence-corrected chi connectivity index (χ4v) is 5.66. The zero-order valence-corrected chi connectivity index (χ0v) is 22.0. The Hall–Kier alpha value is -3.27. The first-order chi connectivity index (χ1) is 17.6. The lowest BCUT2D eigenvalue weighted by atomic mass is 9.73. The van der Waals surface area contributed by atoms with Crippen LogP contribution in [0.5, 0.6) is 0 Å². The Balaban J connectivity index is 1.54. The summed E-state index contributed by atoms with van der Waals surface area (Å²) in [5, 5.41) is 6.73. The Morgan fingerprint density at radius 3 is 2.51 bits per heavy atom. The molecule has 2 atom stereocenters. The first kappa shape index (κ1) is 25.4. The third-order valence-electron chi connectivity index (χ3n) is 7.97. The van der Waals surface area contributed by atoms with Gasteiger partial charge in [0.25, 0.3) is 0 Å². The molecular weight excluding hydrogens is 473 g/mol. The number of primary amides is 1. The van der Waals surface area contributed by atoms with Crippen molar-refractivity contribution in [3.8, 4) is 0 Å². The van der Waals surface area contributed by atoms with Gasteiger partial charge in [-0.3, -0.25) is 9.36 Å². The summed E-state index contributed by atoms with van der Waals surface area (Å²) in [6.07, 6.45) is 4.04. The van der Waals surface area contributed by atoms with E-state index in [1.807, 2.05) is 6.92 Å². The lowest BCUT2D eigenvalue weighted by molar-refractivity contribution is -0.128. The number of hydrogen-bond acceptors (Lipinski definition) is 7. The average molecular weight is 510 g/mol. The van der Waals surface area contributed by atoms with E-state index >= 15 is 0 Å². The molecule has 3 aromatic rings. The SMILES string of the molecule is Cc1cc(C)c(Nc2nc3cnc(N[C@H]4CCOC[C@@H]4F)nc3n2[C@H]2CC[C@@](C)(C(N)=O)CC2)c(C)c1. The van der Waals surface area contributed by atoms with E-state index in [0.29, 0.717) is 48.9 Å². The van der Waals surface area contributed by atoms with Crippen molar-refractivity contribution < 1.29 is 13.9 Å². The molecule has 1 saturated carbocycles. The number of nitrogens with two attached hydrogens (primary N) is 1. The zero-order chi connectivity index (χ0) is 26.3. The number of nitrogens with one attached hydrogen (secondary N) is 2. The Bertz CT molecular complexity index is 1290. The lowest BCUT2D eigenvalue weighted by Crippen LogP contribution is -2.39. The largest absolute Gasteiger partial charge is 0.378 e. The highest BCUT2D eigenvalue weighted by atomic mass is 19.1. The molecule has 0 spiro atoms. The van der Waals surface area contributed by atoms with E-state index in [4.69, 9.17) is 20.4 Å². The summed E-state index contributed by atoms with van der Waals surface area (Å²) in [4.78, 5) is 26.2. The van der Waals surface area contributed by atoms with Gasteiger partial charge in [0.15, 0.2) is 5.65 Å². The van der Waals surface area contributed by atoms with Gasteiger partial charge in [0, 0.05) is 23.8 Å². The molecule has 0 radical (unpaired) electrons. The molecule has 2 aliphatic rings. The van der Waals surface area contributed by atoms with Crippen molar-refractivity contribution in [2.24, 2.45) is 11.1 Å². The average Bonchev–Trinajstić information content (AvgIpc) is 3.20. The standard InChI is InChI=1S/C27H36FN7O2/c1-15-11-16(2)22(17(3)12-15)33-26-32-21-13-30-25(31-20-7-10-37-14-19(20)28)34-23(21)35(26)18-5-8-27(4,9-6-18)24(29)36/h11-13,18-20H,5-10,14H2,1-4H3,(H2,29,36)(H,32,33)(H,30,31,34)/t18-,19-,20-,27+/m0/s1. The summed E-state index contributed by atoms with van der Waals surface area (Å²) < 4.78 is 21.7. The molecule has 3 heterocycles. The van der Waals surface area contributed by atoms with Crippen LogP contribution < -0.4 is 16.4 Å². The van der Waals surface area contributed by atoms with Crippen molar-refractivity contribution in [1.29, 1.82) is 0 Å². The molecule has 1 aliphatic heterocycles. The highest BCUT2D eigenvalue weighted by Gasteiger charge is 2.38. The maximum Gasteiger partial charge on any atom is 0.225 e. The maximum atomic E-state index is 14.4. The number of carbonyl (C=O) groups excluding carboxylic acids is 1. The van der Waals surface area contributed by atoms with Crippen molar-refractivity contribution in [2.45, 2.75) is 78.1 Å². The zero-order valence-electron chi connectivity index (χ0n) is 22.0. The van der Waals surface area contributed by atoms with Crippen LogP contribution in [0.15, 0.2) is 18.3 Å². The predicted octanol–water partition coefficient (Wildman–Crippen LogP) is 4.64. The number of rotatable bonds is 6. The molecule has 9 nitrogen and oxygen atoms in total. The minimum absolute atomic E-state index is 0.0713. The number of hydrogen-bond donors (Lipinski definition) is 3. The monoisotopic (exact) mass is 509 g/mol. The highest BCUT2D eigenvalue weighted by molar-refractivity contribution is 5.81. The molecule has 37 heavy (non-hydrogen) atoms. The first-order valence-corrected chi connectivity index (χ1v) is 13.0. The number of aryl methyl sites for hydroxylation is 3. The van der Waals surface area contributed by atoms with E-state index in [1.54, 1.807) is 6.20 Å². The van der Waals surface area contributed by atoms with Crippen LogP contribution >= 0.6 is 0 Å². The molecular formula is C27H36FN7O2. The second-order valence-electron chi connectivity index (χ2n) is 10.9. The number of amides is 1. The molecule has 1 aliphatic carbocycles.